The van der Waals surface area contributed by atoms with Crippen LogP contribution in [0.2, 0.25) is 0 Å². The molecule has 0 nitrogen and oxygen atoms in total. The van der Waals surface area contributed by atoms with Crippen molar-refractivity contribution in [1.29, 1.82) is 0 Å². The van der Waals surface area contributed by atoms with Crippen LogP contribution in [-0.2, 0) is 0 Å². The molecular formula is C36H32. The Morgan fingerprint density at radius 1 is 0.417 bits per heavy atom. The highest BCUT2D eigenvalue weighted by Crippen LogP contribution is 2.61. The first-order chi connectivity index (χ1) is 17.8. The quantitative estimate of drug-likeness (QED) is 0.233. The van der Waals surface area contributed by atoms with Crippen molar-refractivity contribution >= 4 is 21.5 Å². The van der Waals surface area contributed by atoms with Crippen molar-refractivity contribution in [1.82, 2.24) is 0 Å². The molecule has 0 unspecified atom stereocenters. The molecule has 4 saturated carbocycles. The number of rotatable bonds is 3. The average molecular weight is 465 g/mol. The lowest BCUT2D eigenvalue weighted by Gasteiger charge is -2.55. The van der Waals surface area contributed by atoms with Crippen molar-refractivity contribution in [3.05, 3.63) is 109 Å². The molecule has 0 heterocycles. The zero-order chi connectivity index (χ0) is 23.6. The van der Waals surface area contributed by atoms with E-state index in [0.717, 1.165) is 29.6 Å². The van der Waals surface area contributed by atoms with Gasteiger partial charge in [0.15, 0.2) is 0 Å². The summed E-state index contributed by atoms with van der Waals surface area (Å²) in [4.78, 5) is 0. The van der Waals surface area contributed by atoms with Crippen molar-refractivity contribution in [3.8, 4) is 22.3 Å². The Morgan fingerprint density at radius 2 is 0.889 bits per heavy atom. The van der Waals surface area contributed by atoms with Crippen LogP contribution < -0.4 is 0 Å². The third-order valence-electron chi connectivity index (χ3n) is 9.81. The monoisotopic (exact) mass is 464 g/mol. The number of hydrogen-bond acceptors (Lipinski definition) is 0. The minimum atomic E-state index is 0.723. The minimum Gasteiger partial charge on any atom is -0.0622 e. The second kappa shape index (κ2) is 8.07. The Kier molecular flexibility index (Phi) is 4.66. The Hall–Kier alpha value is -3.38. The van der Waals surface area contributed by atoms with Gasteiger partial charge in [0.25, 0.3) is 0 Å². The van der Waals surface area contributed by atoms with Crippen LogP contribution in [0.1, 0.15) is 43.6 Å². The first-order valence-electron chi connectivity index (χ1n) is 13.9. The SMILES string of the molecule is c1ccc(-c2c3ccccc3c(-c3ccccc3C3C4CC5CC(C4)CC3C5)c3ccccc23)cc1. The van der Waals surface area contributed by atoms with E-state index in [1.807, 2.05) is 0 Å². The predicted octanol–water partition coefficient (Wildman–Crippen LogP) is 9.87. The zero-order valence-electron chi connectivity index (χ0n) is 20.7. The second-order valence-electron chi connectivity index (χ2n) is 11.8. The lowest BCUT2D eigenvalue weighted by Crippen LogP contribution is -2.43. The molecule has 0 radical (unpaired) electrons. The molecule has 4 aliphatic carbocycles. The van der Waals surface area contributed by atoms with Gasteiger partial charge in [-0.2, -0.15) is 0 Å². The van der Waals surface area contributed by atoms with Crippen molar-refractivity contribution < 1.29 is 0 Å². The second-order valence-corrected chi connectivity index (χ2v) is 11.8. The molecule has 0 saturated heterocycles. The fourth-order valence-corrected chi connectivity index (χ4v) is 8.78. The van der Waals surface area contributed by atoms with Gasteiger partial charge in [-0.05, 0) is 111 Å². The first-order valence-corrected chi connectivity index (χ1v) is 13.9. The molecule has 4 bridgehead atoms. The molecular weight excluding hydrogens is 432 g/mol. The molecule has 0 aliphatic heterocycles. The highest BCUT2D eigenvalue weighted by molar-refractivity contribution is 6.21. The normalized spacial score (nSPS) is 26.6. The van der Waals surface area contributed by atoms with E-state index in [2.05, 4.69) is 103 Å². The van der Waals surface area contributed by atoms with Gasteiger partial charge in [0.1, 0.15) is 0 Å². The molecule has 0 heteroatoms. The summed E-state index contributed by atoms with van der Waals surface area (Å²) in [7, 11) is 0. The van der Waals surface area contributed by atoms with E-state index in [1.54, 1.807) is 5.56 Å². The van der Waals surface area contributed by atoms with Crippen LogP contribution in [-0.4, -0.2) is 0 Å². The largest absolute Gasteiger partial charge is 0.0622 e. The fraction of sp³-hybridized carbons (Fsp3) is 0.278. The minimum absolute atomic E-state index is 0.723. The molecule has 5 aromatic carbocycles. The Bertz CT molecular complexity index is 1510. The summed E-state index contributed by atoms with van der Waals surface area (Å²) in [5.41, 5.74) is 7.18. The van der Waals surface area contributed by atoms with Gasteiger partial charge in [-0.1, -0.05) is 103 Å². The summed E-state index contributed by atoms with van der Waals surface area (Å²) in [5.74, 6) is 4.48. The molecule has 0 amide bonds. The van der Waals surface area contributed by atoms with Crippen LogP contribution >= 0.6 is 0 Å². The van der Waals surface area contributed by atoms with E-state index >= 15 is 0 Å². The van der Waals surface area contributed by atoms with Crippen LogP contribution in [0.3, 0.4) is 0 Å². The maximum absolute atomic E-state index is 2.48. The van der Waals surface area contributed by atoms with E-state index in [9.17, 15) is 0 Å². The van der Waals surface area contributed by atoms with Crippen molar-refractivity contribution in [2.24, 2.45) is 23.7 Å². The lowest BCUT2D eigenvalue weighted by molar-refractivity contribution is -0.00259. The predicted molar refractivity (Wildman–Crippen MR) is 152 cm³/mol. The molecule has 0 N–H and O–H groups in total. The number of hydrogen-bond donors (Lipinski definition) is 0. The van der Waals surface area contributed by atoms with Crippen LogP contribution in [0.5, 0.6) is 0 Å². The third-order valence-corrected chi connectivity index (χ3v) is 9.81. The first kappa shape index (κ1) is 20.8. The molecule has 4 fully saturated rings. The zero-order valence-corrected chi connectivity index (χ0v) is 20.7. The maximum atomic E-state index is 2.48. The molecule has 5 aromatic rings. The van der Waals surface area contributed by atoms with Gasteiger partial charge in [0.05, 0.1) is 0 Å². The number of fused-ring (bicyclic) bond motifs is 2. The van der Waals surface area contributed by atoms with Gasteiger partial charge in [-0.3, -0.25) is 0 Å². The molecule has 176 valence electrons. The molecule has 0 spiro atoms. The molecule has 0 aromatic heterocycles. The average Bonchev–Trinajstić information content (AvgIpc) is 2.92. The summed E-state index contributed by atoms with van der Waals surface area (Å²) < 4.78 is 0. The van der Waals surface area contributed by atoms with Gasteiger partial charge in [0.2, 0.25) is 0 Å². The van der Waals surface area contributed by atoms with Gasteiger partial charge in [-0.25, -0.2) is 0 Å². The van der Waals surface area contributed by atoms with Gasteiger partial charge < -0.3 is 0 Å². The van der Waals surface area contributed by atoms with Gasteiger partial charge >= 0.3 is 0 Å². The standard InChI is InChI=1S/C36H32/c1-2-10-25(11-3-1)35-29-13-5-8-16-32(29)36(33-17-9-6-14-30(33)35)31-15-7-4-12-28(31)34-26-19-23-18-24(21-26)22-27(34)20-23/h1-17,23-24,26-27,34H,18-22H2. The van der Waals surface area contributed by atoms with Crippen LogP contribution in [0.4, 0.5) is 0 Å². The smallest absolute Gasteiger partial charge is 0.00235 e. The van der Waals surface area contributed by atoms with E-state index in [1.165, 1.54) is 75.9 Å². The number of benzene rings is 5. The Morgan fingerprint density at radius 3 is 1.47 bits per heavy atom. The van der Waals surface area contributed by atoms with Crippen molar-refractivity contribution in [2.75, 3.05) is 0 Å². The van der Waals surface area contributed by atoms with E-state index in [4.69, 9.17) is 0 Å². The van der Waals surface area contributed by atoms with Crippen molar-refractivity contribution in [2.45, 2.75) is 38.0 Å². The molecule has 4 aliphatic rings. The van der Waals surface area contributed by atoms with E-state index in [0.29, 0.717) is 0 Å². The van der Waals surface area contributed by atoms with Crippen LogP contribution in [0.15, 0.2) is 103 Å². The summed E-state index contributed by atoms with van der Waals surface area (Å²) in [6.45, 7) is 0. The van der Waals surface area contributed by atoms with Crippen LogP contribution in [0.25, 0.3) is 43.8 Å². The highest BCUT2D eigenvalue weighted by Gasteiger charge is 2.49. The van der Waals surface area contributed by atoms with Gasteiger partial charge in [0, 0.05) is 0 Å². The van der Waals surface area contributed by atoms with Crippen LogP contribution in [0, 0.1) is 23.7 Å². The molecule has 0 atom stereocenters. The topological polar surface area (TPSA) is 0 Å². The summed E-state index contributed by atoms with van der Waals surface area (Å²) in [6, 6.07) is 38.7. The summed E-state index contributed by atoms with van der Waals surface area (Å²) >= 11 is 0. The lowest BCUT2D eigenvalue weighted by atomic mass is 9.50. The summed E-state index contributed by atoms with van der Waals surface area (Å²) in [5, 5.41) is 5.48. The molecule has 9 rings (SSSR count). The van der Waals surface area contributed by atoms with E-state index in [-0.39, 0.29) is 0 Å². The molecule has 36 heavy (non-hydrogen) atoms. The highest BCUT2D eigenvalue weighted by atomic mass is 14.5. The Balaban J connectivity index is 1.42. The third kappa shape index (κ3) is 3.07. The maximum Gasteiger partial charge on any atom is -0.00235 e. The fourth-order valence-electron chi connectivity index (χ4n) is 8.78. The van der Waals surface area contributed by atoms with E-state index < -0.39 is 0 Å². The summed E-state index contributed by atoms with van der Waals surface area (Å²) in [6.07, 6.45) is 7.35. The van der Waals surface area contributed by atoms with Gasteiger partial charge in [-0.15, -0.1) is 0 Å². The van der Waals surface area contributed by atoms with Crippen molar-refractivity contribution in [3.63, 3.8) is 0 Å². The Labute approximate surface area is 214 Å².